The van der Waals surface area contributed by atoms with Crippen LogP contribution in [-0.4, -0.2) is 12.1 Å². The van der Waals surface area contributed by atoms with Gasteiger partial charge in [-0.05, 0) is 47.5 Å². The number of unbranched alkanes of at least 4 members (excludes halogenated alkanes) is 4. The van der Waals surface area contributed by atoms with Crippen molar-refractivity contribution in [2.75, 3.05) is 11.9 Å². The van der Waals surface area contributed by atoms with Gasteiger partial charge in [-0.1, -0.05) is 39.0 Å². The first kappa shape index (κ1) is 17.4. The SMILES string of the molecule is CCCCCCCC(C)(CN)Nc1ccc(F)c(Br)c1. The van der Waals surface area contributed by atoms with Gasteiger partial charge >= 0.3 is 0 Å². The summed E-state index contributed by atoms with van der Waals surface area (Å²) in [5, 5.41) is 3.44. The highest BCUT2D eigenvalue weighted by Crippen LogP contribution is 2.25. The van der Waals surface area contributed by atoms with Gasteiger partial charge in [0, 0.05) is 17.8 Å². The molecule has 4 heteroatoms. The van der Waals surface area contributed by atoms with E-state index in [0.29, 0.717) is 11.0 Å². The van der Waals surface area contributed by atoms with Crippen LogP contribution in [0.15, 0.2) is 22.7 Å². The summed E-state index contributed by atoms with van der Waals surface area (Å²) >= 11 is 3.21. The molecule has 0 fully saturated rings. The first-order valence-electron chi connectivity index (χ1n) is 7.44. The van der Waals surface area contributed by atoms with E-state index in [1.165, 1.54) is 38.2 Å². The van der Waals surface area contributed by atoms with Crippen molar-refractivity contribution in [3.63, 3.8) is 0 Å². The number of rotatable bonds is 9. The Morgan fingerprint density at radius 2 is 1.95 bits per heavy atom. The summed E-state index contributed by atoms with van der Waals surface area (Å²) in [5.74, 6) is -0.246. The van der Waals surface area contributed by atoms with Crippen molar-refractivity contribution < 1.29 is 4.39 Å². The molecule has 1 unspecified atom stereocenters. The zero-order valence-corrected chi connectivity index (χ0v) is 14.1. The monoisotopic (exact) mass is 344 g/mol. The summed E-state index contributed by atoms with van der Waals surface area (Å²) in [5.41, 5.74) is 6.68. The lowest BCUT2D eigenvalue weighted by molar-refractivity contribution is 0.448. The summed E-state index contributed by atoms with van der Waals surface area (Å²) in [7, 11) is 0. The molecule has 20 heavy (non-hydrogen) atoms. The molecule has 0 aliphatic rings. The molecule has 3 N–H and O–H groups in total. The van der Waals surface area contributed by atoms with Crippen molar-refractivity contribution in [3.8, 4) is 0 Å². The van der Waals surface area contributed by atoms with Gasteiger partial charge in [0.1, 0.15) is 5.82 Å². The third-order valence-electron chi connectivity index (χ3n) is 3.65. The fraction of sp³-hybridized carbons (Fsp3) is 0.625. The van der Waals surface area contributed by atoms with Gasteiger partial charge in [-0.25, -0.2) is 4.39 Å². The average Bonchev–Trinajstić information content (AvgIpc) is 2.43. The lowest BCUT2D eigenvalue weighted by Gasteiger charge is -2.31. The molecule has 0 saturated carbocycles. The summed E-state index contributed by atoms with van der Waals surface area (Å²) in [6, 6.07) is 4.98. The zero-order valence-electron chi connectivity index (χ0n) is 12.5. The van der Waals surface area contributed by atoms with Crippen molar-refractivity contribution in [2.24, 2.45) is 5.73 Å². The van der Waals surface area contributed by atoms with Crippen LogP contribution in [0.4, 0.5) is 10.1 Å². The van der Waals surface area contributed by atoms with Crippen LogP contribution in [0.3, 0.4) is 0 Å². The molecule has 1 aromatic carbocycles. The fourth-order valence-corrected chi connectivity index (χ4v) is 2.64. The van der Waals surface area contributed by atoms with Gasteiger partial charge in [0.2, 0.25) is 0 Å². The predicted molar refractivity (Wildman–Crippen MR) is 88.6 cm³/mol. The van der Waals surface area contributed by atoms with Crippen molar-refractivity contribution in [1.82, 2.24) is 0 Å². The van der Waals surface area contributed by atoms with Crippen molar-refractivity contribution in [3.05, 3.63) is 28.5 Å². The van der Waals surface area contributed by atoms with Gasteiger partial charge in [0.15, 0.2) is 0 Å². The maximum atomic E-state index is 13.2. The highest BCUT2D eigenvalue weighted by molar-refractivity contribution is 9.10. The molecule has 1 atom stereocenters. The van der Waals surface area contributed by atoms with Crippen LogP contribution in [0.1, 0.15) is 52.4 Å². The minimum atomic E-state index is -0.246. The molecule has 0 heterocycles. The molecular weight excluding hydrogens is 319 g/mol. The number of anilines is 1. The molecule has 0 aromatic heterocycles. The van der Waals surface area contributed by atoms with Crippen LogP contribution in [0, 0.1) is 5.82 Å². The van der Waals surface area contributed by atoms with Crippen LogP contribution in [0.25, 0.3) is 0 Å². The summed E-state index contributed by atoms with van der Waals surface area (Å²) in [6.07, 6.45) is 7.30. The molecule has 0 aliphatic carbocycles. The summed E-state index contributed by atoms with van der Waals surface area (Å²) in [4.78, 5) is 0. The van der Waals surface area contributed by atoms with E-state index in [1.54, 1.807) is 12.1 Å². The largest absolute Gasteiger partial charge is 0.379 e. The fourth-order valence-electron chi connectivity index (χ4n) is 2.26. The van der Waals surface area contributed by atoms with E-state index in [-0.39, 0.29) is 11.4 Å². The quantitative estimate of drug-likeness (QED) is 0.613. The van der Waals surface area contributed by atoms with Crippen LogP contribution >= 0.6 is 15.9 Å². The molecule has 0 saturated heterocycles. The number of benzene rings is 1. The Morgan fingerprint density at radius 1 is 1.25 bits per heavy atom. The molecule has 0 radical (unpaired) electrons. The standard InChI is InChI=1S/C16H26BrFN2/c1-3-4-5-6-7-10-16(2,12-19)20-13-8-9-15(18)14(17)11-13/h8-9,11,20H,3-7,10,12,19H2,1-2H3. The molecule has 0 amide bonds. The normalized spacial score (nSPS) is 14.1. The summed E-state index contributed by atoms with van der Waals surface area (Å²) in [6.45, 7) is 4.91. The van der Waals surface area contributed by atoms with Crippen molar-refractivity contribution >= 4 is 21.6 Å². The van der Waals surface area contributed by atoms with Gasteiger partial charge in [0.25, 0.3) is 0 Å². The first-order chi connectivity index (χ1) is 9.50. The second-order valence-corrected chi connectivity index (χ2v) is 6.54. The van der Waals surface area contributed by atoms with Gasteiger partial charge in [-0.3, -0.25) is 0 Å². The molecule has 1 aromatic rings. The maximum absolute atomic E-state index is 13.2. The van der Waals surface area contributed by atoms with E-state index in [9.17, 15) is 4.39 Å². The Labute approximate surface area is 130 Å². The topological polar surface area (TPSA) is 38.0 Å². The second kappa shape index (κ2) is 8.63. The van der Waals surface area contributed by atoms with E-state index < -0.39 is 0 Å². The van der Waals surface area contributed by atoms with Crippen molar-refractivity contribution in [2.45, 2.75) is 57.9 Å². The van der Waals surface area contributed by atoms with Crippen LogP contribution in [0.2, 0.25) is 0 Å². The van der Waals surface area contributed by atoms with E-state index in [0.717, 1.165) is 12.1 Å². The van der Waals surface area contributed by atoms with Crippen LogP contribution in [-0.2, 0) is 0 Å². The van der Waals surface area contributed by atoms with E-state index in [2.05, 4.69) is 35.1 Å². The number of hydrogen-bond donors (Lipinski definition) is 2. The lowest BCUT2D eigenvalue weighted by Crippen LogP contribution is -2.42. The smallest absolute Gasteiger partial charge is 0.137 e. The molecule has 0 bridgehead atoms. The first-order valence-corrected chi connectivity index (χ1v) is 8.23. The van der Waals surface area contributed by atoms with E-state index >= 15 is 0 Å². The second-order valence-electron chi connectivity index (χ2n) is 5.68. The van der Waals surface area contributed by atoms with Crippen LogP contribution in [0.5, 0.6) is 0 Å². The van der Waals surface area contributed by atoms with Gasteiger partial charge in [0.05, 0.1) is 4.47 Å². The van der Waals surface area contributed by atoms with E-state index in [1.807, 2.05) is 0 Å². The average molecular weight is 345 g/mol. The molecule has 0 spiro atoms. The van der Waals surface area contributed by atoms with E-state index in [4.69, 9.17) is 5.73 Å². The lowest BCUT2D eigenvalue weighted by atomic mass is 9.93. The Balaban J connectivity index is 2.52. The molecule has 1 rings (SSSR count). The summed E-state index contributed by atoms with van der Waals surface area (Å²) < 4.78 is 13.7. The van der Waals surface area contributed by atoms with Gasteiger partial charge < -0.3 is 11.1 Å². The Hall–Kier alpha value is -0.610. The third kappa shape index (κ3) is 5.80. The molecule has 2 nitrogen and oxygen atoms in total. The highest BCUT2D eigenvalue weighted by atomic mass is 79.9. The molecule has 0 aliphatic heterocycles. The number of hydrogen-bond acceptors (Lipinski definition) is 2. The predicted octanol–water partition coefficient (Wildman–Crippen LogP) is 5.08. The minimum absolute atomic E-state index is 0.135. The minimum Gasteiger partial charge on any atom is -0.379 e. The third-order valence-corrected chi connectivity index (χ3v) is 4.26. The zero-order chi connectivity index (χ0) is 15.0. The Morgan fingerprint density at radius 3 is 2.55 bits per heavy atom. The molecular formula is C16H26BrFN2. The van der Waals surface area contributed by atoms with Gasteiger partial charge in [-0.2, -0.15) is 0 Å². The van der Waals surface area contributed by atoms with Gasteiger partial charge in [-0.15, -0.1) is 0 Å². The van der Waals surface area contributed by atoms with Crippen molar-refractivity contribution in [1.29, 1.82) is 0 Å². The number of nitrogens with two attached hydrogens (primary N) is 1. The molecule has 114 valence electrons. The number of nitrogens with one attached hydrogen (secondary N) is 1. The Kier molecular flexibility index (Phi) is 7.52. The highest BCUT2D eigenvalue weighted by Gasteiger charge is 2.21. The maximum Gasteiger partial charge on any atom is 0.137 e. The Bertz CT molecular complexity index is 411. The number of halogens is 2. The van der Waals surface area contributed by atoms with Crippen LogP contribution < -0.4 is 11.1 Å².